The number of hydrogen-bond acceptors (Lipinski definition) is 3. The Balaban J connectivity index is 2.01. The monoisotopic (exact) mass is 437 g/mol. The van der Waals surface area contributed by atoms with E-state index in [2.05, 4.69) is 9.82 Å². The molecular formula is C20H21Cl2N3O2S. The lowest BCUT2D eigenvalue weighted by Gasteiger charge is -2.18. The van der Waals surface area contributed by atoms with Crippen molar-refractivity contribution in [1.29, 1.82) is 0 Å². The molecule has 0 bridgehead atoms. The third-order valence-corrected chi connectivity index (χ3v) is 6.01. The van der Waals surface area contributed by atoms with Crippen molar-refractivity contribution in [2.24, 2.45) is 0 Å². The summed E-state index contributed by atoms with van der Waals surface area (Å²) < 4.78 is 30.4. The molecule has 0 aliphatic carbocycles. The van der Waals surface area contributed by atoms with Gasteiger partial charge < -0.3 is 0 Å². The zero-order valence-electron chi connectivity index (χ0n) is 15.8. The zero-order valence-corrected chi connectivity index (χ0v) is 18.1. The summed E-state index contributed by atoms with van der Waals surface area (Å²) in [4.78, 5) is 0.127. The minimum Gasteiger partial charge on any atom is -0.278 e. The second kappa shape index (κ2) is 7.78. The predicted molar refractivity (Wildman–Crippen MR) is 114 cm³/mol. The van der Waals surface area contributed by atoms with E-state index in [0.29, 0.717) is 17.3 Å². The lowest BCUT2D eigenvalue weighted by Crippen LogP contribution is -2.20. The molecule has 3 rings (SSSR count). The van der Waals surface area contributed by atoms with E-state index in [-0.39, 0.29) is 15.6 Å². The Morgan fingerprint density at radius 3 is 2.36 bits per heavy atom. The Hall–Kier alpha value is -2.02. The molecule has 0 atom stereocenters. The van der Waals surface area contributed by atoms with Crippen LogP contribution in [0.15, 0.2) is 59.6 Å². The molecule has 8 heteroatoms. The molecule has 0 unspecified atom stereocenters. The Morgan fingerprint density at radius 2 is 1.75 bits per heavy atom. The Kier molecular flexibility index (Phi) is 5.75. The molecule has 148 valence electrons. The van der Waals surface area contributed by atoms with Gasteiger partial charge in [-0.15, -0.1) is 0 Å². The van der Waals surface area contributed by atoms with Crippen molar-refractivity contribution in [3.05, 3.63) is 76.0 Å². The van der Waals surface area contributed by atoms with Crippen LogP contribution < -0.4 is 4.72 Å². The van der Waals surface area contributed by atoms with Crippen molar-refractivity contribution >= 4 is 38.9 Å². The van der Waals surface area contributed by atoms with Gasteiger partial charge in [-0.05, 0) is 23.8 Å². The summed E-state index contributed by atoms with van der Waals surface area (Å²) >= 11 is 12.0. The van der Waals surface area contributed by atoms with Crippen LogP contribution in [0.5, 0.6) is 0 Å². The van der Waals surface area contributed by atoms with Crippen LogP contribution in [-0.4, -0.2) is 18.2 Å². The first-order valence-electron chi connectivity index (χ1n) is 8.66. The summed E-state index contributed by atoms with van der Waals surface area (Å²) in [6, 6.07) is 14.3. The van der Waals surface area contributed by atoms with Crippen LogP contribution >= 0.6 is 23.2 Å². The number of nitrogens with zero attached hydrogens (tertiary/aromatic N) is 2. The summed E-state index contributed by atoms with van der Waals surface area (Å²) in [7, 11) is -3.89. The largest absolute Gasteiger partial charge is 0.278 e. The standard InChI is InChI=1S/C20H21Cl2N3O2S/c1-20(2,3)19-18(13-25(23-19)12-14-7-5-4-6-8-14)28(26,27)24-17-10-9-15(21)11-16(17)22/h4-11,13,24H,12H2,1-3H3. The van der Waals surface area contributed by atoms with Crippen LogP contribution in [0.25, 0.3) is 0 Å². The van der Waals surface area contributed by atoms with E-state index >= 15 is 0 Å². The first-order chi connectivity index (χ1) is 13.1. The number of benzene rings is 2. The highest BCUT2D eigenvalue weighted by molar-refractivity contribution is 7.92. The van der Waals surface area contributed by atoms with E-state index in [1.54, 1.807) is 16.9 Å². The van der Waals surface area contributed by atoms with Crippen molar-refractivity contribution in [3.8, 4) is 0 Å². The first kappa shape index (κ1) is 20.7. The summed E-state index contributed by atoms with van der Waals surface area (Å²) in [5.74, 6) is 0. The van der Waals surface area contributed by atoms with Crippen LogP contribution in [0.1, 0.15) is 32.0 Å². The number of sulfonamides is 1. The average Bonchev–Trinajstić information content (AvgIpc) is 3.04. The molecule has 0 aliphatic rings. The minimum atomic E-state index is -3.89. The first-order valence-corrected chi connectivity index (χ1v) is 10.9. The molecule has 1 heterocycles. The topological polar surface area (TPSA) is 64.0 Å². The molecule has 2 aromatic carbocycles. The van der Waals surface area contributed by atoms with E-state index in [4.69, 9.17) is 23.2 Å². The molecule has 0 saturated heterocycles. The van der Waals surface area contributed by atoms with Crippen molar-refractivity contribution in [3.63, 3.8) is 0 Å². The predicted octanol–water partition coefficient (Wildman–Crippen LogP) is 5.34. The molecular weight excluding hydrogens is 417 g/mol. The SMILES string of the molecule is CC(C)(C)c1nn(Cc2ccccc2)cc1S(=O)(=O)Nc1ccc(Cl)cc1Cl. The molecule has 0 spiro atoms. The second-order valence-electron chi connectivity index (χ2n) is 7.50. The third-order valence-electron chi connectivity index (χ3n) is 4.09. The summed E-state index contributed by atoms with van der Waals surface area (Å²) in [5, 5.41) is 5.22. The Bertz CT molecular complexity index is 1090. The quantitative estimate of drug-likeness (QED) is 0.585. The van der Waals surface area contributed by atoms with Gasteiger partial charge in [0, 0.05) is 16.6 Å². The van der Waals surface area contributed by atoms with Crippen molar-refractivity contribution < 1.29 is 8.42 Å². The van der Waals surface area contributed by atoms with E-state index in [1.165, 1.54) is 12.1 Å². The Labute approximate surface area is 175 Å². The van der Waals surface area contributed by atoms with E-state index in [9.17, 15) is 8.42 Å². The van der Waals surface area contributed by atoms with Crippen LogP contribution in [0, 0.1) is 0 Å². The maximum atomic E-state index is 13.1. The third kappa shape index (κ3) is 4.69. The van der Waals surface area contributed by atoms with Gasteiger partial charge in [-0.3, -0.25) is 9.40 Å². The lowest BCUT2D eigenvalue weighted by molar-refractivity contribution is 0.533. The summed E-state index contributed by atoms with van der Waals surface area (Å²) in [5.41, 5.74) is 1.32. The second-order valence-corrected chi connectivity index (χ2v) is 10.00. The fraction of sp³-hybridized carbons (Fsp3) is 0.250. The lowest BCUT2D eigenvalue weighted by atomic mass is 9.92. The molecule has 0 radical (unpaired) electrons. The van der Waals surface area contributed by atoms with Crippen LogP contribution in [0.4, 0.5) is 5.69 Å². The van der Waals surface area contributed by atoms with Crippen molar-refractivity contribution in [1.82, 2.24) is 9.78 Å². The van der Waals surface area contributed by atoms with Gasteiger partial charge in [-0.25, -0.2) is 8.42 Å². The van der Waals surface area contributed by atoms with E-state index < -0.39 is 15.4 Å². The number of halogens is 2. The van der Waals surface area contributed by atoms with Crippen molar-refractivity contribution in [2.75, 3.05) is 4.72 Å². The molecule has 28 heavy (non-hydrogen) atoms. The molecule has 1 N–H and O–H groups in total. The van der Waals surface area contributed by atoms with E-state index in [1.807, 2.05) is 51.1 Å². The van der Waals surface area contributed by atoms with E-state index in [0.717, 1.165) is 5.56 Å². The van der Waals surface area contributed by atoms with Crippen LogP contribution in [-0.2, 0) is 22.0 Å². The number of rotatable bonds is 5. The smallest absolute Gasteiger partial charge is 0.265 e. The highest BCUT2D eigenvalue weighted by Gasteiger charge is 2.30. The van der Waals surface area contributed by atoms with Gasteiger partial charge >= 0.3 is 0 Å². The van der Waals surface area contributed by atoms with Crippen molar-refractivity contribution in [2.45, 2.75) is 37.6 Å². The molecule has 0 aliphatic heterocycles. The van der Waals surface area contributed by atoms with Crippen LogP contribution in [0.3, 0.4) is 0 Å². The number of nitrogens with one attached hydrogen (secondary N) is 1. The number of aromatic nitrogens is 2. The molecule has 0 fully saturated rings. The highest BCUT2D eigenvalue weighted by Crippen LogP contribution is 2.31. The normalized spacial score (nSPS) is 12.2. The van der Waals surface area contributed by atoms with Gasteiger partial charge in [-0.2, -0.15) is 5.10 Å². The van der Waals surface area contributed by atoms with Crippen LogP contribution in [0.2, 0.25) is 10.0 Å². The molecule has 1 aromatic heterocycles. The maximum absolute atomic E-state index is 13.1. The summed E-state index contributed by atoms with van der Waals surface area (Å²) in [6.07, 6.45) is 1.56. The minimum absolute atomic E-state index is 0.127. The molecule has 3 aromatic rings. The molecule has 0 saturated carbocycles. The highest BCUT2D eigenvalue weighted by atomic mass is 35.5. The number of hydrogen-bond donors (Lipinski definition) is 1. The zero-order chi connectivity index (χ0) is 20.5. The molecule has 5 nitrogen and oxygen atoms in total. The fourth-order valence-corrected chi connectivity index (χ4v) is 4.69. The van der Waals surface area contributed by atoms with Gasteiger partial charge in [0.1, 0.15) is 4.90 Å². The average molecular weight is 438 g/mol. The maximum Gasteiger partial charge on any atom is 0.265 e. The van der Waals surface area contributed by atoms with Gasteiger partial charge in [0.05, 0.1) is 22.9 Å². The fourth-order valence-electron chi connectivity index (χ4n) is 2.74. The number of anilines is 1. The summed E-state index contributed by atoms with van der Waals surface area (Å²) in [6.45, 7) is 6.25. The Morgan fingerprint density at radius 1 is 1.07 bits per heavy atom. The van der Waals surface area contributed by atoms with Gasteiger partial charge in [0.15, 0.2) is 0 Å². The molecule has 0 amide bonds. The van der Waals surface area contributed by atoms with Gasteiger partial charge in [-0.1, -0.05) is 74.3 Å². The van der Waals surface area contributed by atoms with Gasteiger partial charge in [0.2, 0.25) is 0 Å². The van der Waals surface area contributed by atoms with Gasteiger partial charge in [0.25, 0.3) is 10.0 Å².